The van der Waals surface area contributed by atoms with Gasteiger partial charge in [0.15, 0.2) is 0 Å². The van der Waals surface area contributed by atoms with Gasteiger partial charge in [0.25, 0.3) is 0 Å². The van der Waals surface area contributed by atoms with Crippen LogP contribution < -0.4 is 11.5 Å². The van der Waals surface area contributed by atoms with Crippen LogP contribution in [0, 0.1) is 0 Å². The number of rotatable bonds is 2. The minimum atomic E-state index is 0.368. The molecule has 0 spiro atoms. The number of benzene rings is 2. The van der Waals surface area contributed by atoms with Crippen molar-refractivity contribution in [2.75, 3.05) is 11.5 Å². The highest BCUT2D eigenvalue weighted by Gasteiger charge is 2.02. The highest BCUT2D eigenvalue weighted by molar-refractivity contribution is 6.41. The van der Waals surface area contributed by atoms with Crippen molar-refractivity contribution in [1.29, 1.82) is 0 Å². The van der Waals surface area contributed by atoms with E-state index in [9.17, 15) is 0 Å². The topological polar surface area (TPSA) is 69.9 Å². The van der Waals surface area contributed by atoms with Gasteiger partial charge in [0, 0.05) is 5.02 Å². The van der Waals surface area contributed by atoms with E-state index in [1.165, 1.54) is 5.56 Å². The molecule has 3 aromatic rings. The number of nitrogens with zero attached hydrogens (tertiary/aromatic N) is 2. The van der Waals surface area contributed by atoms with Crippen LogP contribution in [-0.4, -0.2) is 9.78 Å². The number of anilines is 2. The minimum absolute atomic E-state index is 0.368. The summed E-state index contributed by atoms with van der Waals surface area (Å²) < 4.78 is 1.77. The molecule has 1 aromatic heterocycles. The second kappa shape index (κ2) is 8.11. The van der Waals surface area contributed by atoms with Gasteiger partial charge in [0.1, 0.15) is 5.82 Å². The first-order chi connectivity index (χ1) is 11.0. The summed E-state index contributed by atoms with van der Waals surface area (Å²) in [5, 5.41) is 5.37. The molecule has 0 radical (unpaired) electrons. The molecule has 0 saturated heterocycles. The lowest BCUT2D eigenvalue weighted by Gasteiger charge is -2.03. The Hall–Kier alpha value is -1.88. The zero-order chi connectivity index (χ0) is 16.8. The van der Waals surface area contributed by atoms with Gasteiger partial charge in [-0.15, -0.1) is 0 Å². The van der Waals surface area contributed by atoms with Crippen molar-refractivity contribution >= 4 is 46.3 Å². The highest BCUT2D eigenvalue weighted by Crippen LogP contribution is 2.30. The average molecular weight is 370 g/mol. The molecule has 1 heterocycles. The second-order valence-corrected chi connectivity index (χ2v) is 5.93. The van der Waals surface area contributed by atoms with Crippen molar-refractivity contribution in [3.8, 4) is 0 Å². The van der Waals surface area contributed by atoms with Gasteiger partial charge in [-0.05, 0) is 23.8 Å². The van der Waals surface area contributed by atoms with E-state index in [4.69, 9.17) is 46.3 Å². The number of aromatic nitrogens is 2. The zero-order valence-corrected chi connectivity index (χ0v) is 14.4. The standard InChI is InChI=1S/C10H11N3.C6H4Cl3N/c11-10-6-7-12-13(10)8-9-4-2-1-3-5-9;7-3-1-4(8)6(10)5(9)2-3/h1-7H,8,11H2;1-2H,10H2. The van der Waals surface area contributed by atoms with E-state index in [2.05, 4.69) is 17.2 Å². The zero-order valence-electron chi connectivity index (χ0n) is 12.1. The molecule has 23 heavy (non-hydrogen) atoms. The van der Waals surface area contributed by atoms with Crippen LogP contribution in [-0.2, 0) is 6.54 Å². The van der Waals surface area contributed by atoms with E-state index in [-0.39, 0.29) is 0 Å². The smallest absolute Gasteiger partial charge is 0.122 e. The second-order valence-electron chi connectivity index (χ2n) is 4.68. The first kappa shape index (κ1) is 17.5. The summed E-state index contributed by atoms with van der Waals surface area (Å²) in [5.74, 6) is 0.698. The molecule has 4 nitrogen and oxygen atoms in total. The maximum atomic E-state index is 5.69. The Kier molecular flexibility index (Phi) is 6.16. The van der Waals surface area contributed by atoms with Gasteiger partial charge in [-0.2, -0.15) is 5.10 Å². The molecule has 0 fully saturated rings. The van der Waals surface area contributed by atoms with E-state index in [0.717, 1.165) is 6.54 Å². The van der Waals surface area contributed by atoms with Crippen molar-refractivity contribution in [3.63, 3.8) is 0 Å². The van der Waals surface area contributed by atoms with E-state index in [0.29, 0.717) is 26.6 Å². The number of hydrogen-bond acceptors (Lipinski definition) is 3. The summed E-state index contributed by atoms with van der Waals surface area (Å²) in [7, 11) is 0. The Morgan fingerprint density at radius 1 is 0.913 bits per heavy atom. The third-order valence-electron chi connectivity index (χ3n) is 2.97. The van der Waals surface area contributed by atoms with E-state index < -0.39 is 0 Å². The van der Waals surface area contributed by atoms with Crippen LogP contribution in [0.25, 0.3) is 0 Å². The lowest BCUT2D eigenvalue weighted by Crippen LogP contribution is -2.05. The molecular weight excluding hydrogens is 355 g/mol. The third kappa shape index (κ3) is 5.06. The Bertz CT molecular complexity index is 749. The van der Waals surface area contributed by atoms with Crippen molar-refractivity contribution in [2.24, 2.45) is 0 Å². The fraction of sp³-hybridized carbons (Fsp3) is 0.0625. The monoisotopic (exact) mass is 368 g/mol. The van der Waals surface area contributed by atoms with Crippen LogP contribution in [0.2, 0.25) is 15.1 Å². The summed E-state index contributed by atoms with van der Waals surface area (Å²) in [6.07, 6.45) is 1.71. The fourth-order valence-electron chi connectivity index (χ4n) is 1.78. The molecule has 0 aliphatic rings. The van der Waals surface area contributed by atoms with Crippen molar-refractivity contribution in [1.82, 2.24) is 9.78 Å². The van der Waals surface area contributed by atoms with Crippen molar-refractivity contribution < 1.29 is 0 Å². The molecule has 0 aliphatic heterocycles. The highest BCUT2D eigenvalue weighted by atomic mass is 35.5. The Balaban J connectivity index is 0.000000174. The van der Waals surface area contributed by atoms with Gasteiger partial charge in [-0.1, -0.05) is 65.1 Å². The summed E-state index contributed by atoms with van der Waals surface area (Å²) in [4.78, 5) is 0. The third-order valence-corrected chi connectivity index (χ3v) is 3.81. The summed E-state index contributed by atoms with van der Waals surface area (Å²) in [5.41, 5.74) is 12.7. The van der Waals surface area contributed by atoms with Crippen LogP contribution >= 0.6 is 34.8 Å². The van der Waals surface area contributed by atoms with Crippen LogP contribution in [0.5, 0.6) is 0 Å². The molecule has 3 rings (SSSR count). The van der Waals surface area contributed by atoms with Gasteiger partial charge in [0.05, 0.1) is 28.5 Å². The molecule has 7 heteroatoms. The van der Waals surface area contributed by atoms with Crippen molar-refractivity contribution in [2.45, 2.75) is 6.54 Å². The van der Waals surface area contributed by atoms with Gasteiger partial charge in [-0.3, -0.25) is 0 Å². The van der Waals surface area contributed by atoms with Crippen LogP contribution in [0.4, 0.5) is 11.5 Å². The molecule has 0 atom stereocenters. The Morgan fingerprint density at radius 2 is 1.52 bits per heavy atom. The molecule has 0 saturated carbocycles. The van der Waals surface area contributed by atoms with Crippen LogP contribution in [0.3, 0.4) is 0 Å². The average Bonchev–Trinajstić information content (AvgIpc) is 2.92. The number of nitrogen functional groups attached to an aromatic ring is 2. The van der Waals surface area contributed by atoms with E-state index >= 15 is 0 Å². The Labute approximate surface area is 149 Å². The normalized spacial score (nSPS) is 10.0. The molecule has 2 aromatic carbocycles. The lowest BCUT2D eigenvalue weighted by molar-refractivity contribution is 0.697. The lowest BCUT2D eigenvalue weighted by atomic mass is 10.2. The van der Waals surface area contributed by atoms with Gasteiger partial charge >= 0.3 is 0 Å². The minimum Gasteiger partial charge on any atom is -0.396 e. The van der Waals surface area contributed by atoms with Gasteiger partial charge < -0.3 is 11.5 Å². The maximum absolute atomic E-state index is 5.69. The van der Waals surface area contributed by atoms with E-state index in [1.54, 1.807) is 29.1 Å². The first-order valence-corrected chi connectivity index (χ1v) is 7.82. The summed E-state index contributed by atoms with van der Waals surface area (Å²) in [6, 6.07) is 15.0. The number of hydrogen-bond donors (Lipinski definition) is 2. The van der Waals surface area contributed by atoms with Crippen LogP contribution in [0.15, 0.2) is 54.7 Å². The quantitative estimate of drug-likeness (QED) is 0.641. The largest absolute Gasteiger partial charge is 0.396 e. The van der Waals surface area contributed by atoms with Gasteiger partial charge in [0.2, 0.25) is 0 Å². The van der Waals surface area contributed by atoms with Gasteiger partial charge in [-0.25, -0.2) is 4.68 Å². The predicted molar refractivity (Wildman–Crippen MR) is 98.1 cm³/mol. The molecular formula is C16H15Cl3N4. The van der Waals surface area contributed by atoms with E-state index in [1.807, 2.05) is 18.2 Å². The molecule has 0 unspecified atom stereocenters. The molecule has 4 N–H and O–H groups in total. The summed E-state index contributed by atoms with van der Waals surface area (Å²) >= 11 is 16.8. The number of nitrogens with two attached hydrogens (primary N) is 2. The molecule has 0 amide bonds. The SMILES string of the molecule is Nc1c(Cl)cc(Cl)cc1Cl.Nc1ccnn1Cc1ccccc1. The first-order valence-electron chi connectivity index (χ1n) is 6.68. The molecule has 0 bridgehead atoms. The molecule has 120 valence electrons. The van der Waals surface area contributed by atoms with Crippen molar-refractivity contribution in [3.05, 3.63) is 75.4 Å². The number of halogens is 3. The fourth-order valence-corrected chi connectivity index (χ4v) is 2.60. The molecule has 0 aliphatic carbocycles. The Morgan fingerprint density at radius 3 is 2.04 bits per heavy atom. The summed E-state index contributed by atoms with van der Waals surface area (Å²) in [6.45, 7) is 0.736. The maximum Gasteiger partial charge on any atom is 0.122 e. The van der Waals surface area contributed by atoms with Crippen LogP contribution in [0.1, 0.15) is 5.56 Å². The predicted octanol–water partition coefficient (Wildman–Crippen LogP) is 4.74.